The number of carbonyl (C=O) groups excluding carboxylic acids is 2. The highest BCUT2D eigenvalue weighted by atomic mass is 19.4. The number of alkyl halides is 3. The van der Waals surface area contributed by atoms with Crippen LogP contribution in [-0.2, 0) is 20.7 Å². The normalized spacial score (nSPS) is 23.2. The van der Waals surface area contributed by atoms with Crippen LogP contribution in [0.25, 0.3) is 0 Å². The fourth-order valence-corrected chi connectivity index (χ4v) is 4.69. The van der Waals surface area contributed by atoms with Gasteiger partial charge in [-0.25, -0.2) is 9.59 Å². The van der Waals surface area contributed by atoms with Crippen LogP contribution >= 0.6 is 0 Å². The number of cyclic esters (lactones) is 1. The molecule has 1 aliphatic rings. The molecule has 1 amide bonds. The van der Waals surface area contributed by atoms with E-state index in [1.807, 2.05) is 13.8 Å². The van der Waals surface area contributed by atoms with Crippen molar-refractivity contribution in [2.24, 2.45) is 11.8 Å². The maximum absolute atomic E-state index is 13.0. The second-order valence-electron chi connectivity index (χ2n) is 10.9. The third kappa shape index (κ3) is 11.5. The molecule has 37 heavy (non-hydrogen) atoms. The van der Waals surface area contributed by atoms with Gasteiger partial charge in [0.25, 0.3) is 0 Å². The SMILES string of the molecule is C=C(C)CCC[C@H]1CCC[C@H](NC(=O)OC(C)(C)C)C(=O)O[C@@H](C)[C@@H]1Cc1ccc(OC(F)(F)F)cc1. The van der Waals surface area contributed by atoms with E-state index in [1.165, 1.54) is 12.1 Å². The van der Waals surface area contributed by atoms with Gasteiger partial charge in [-0.2, -0.15) is 0 Å². The van der Waals surface area contributed by atoms with Crippen molar-refractivity contribution in [3.05, 3.63) is 42.0 Å². The molecule has 1 N–H and O–H groups in total. The number of hydrogen-bond acceptors (Lipinski definition) is 5. The lowest BCUT2D eigenvalue weighted by molar-refractivity contribution is -0.274. The maximum atomic E-state index is 13.0. The fourth-order valence-electron chi connectivity index (χ4n) is 4.69. The second kappa shape index (κ2) is 13.2. The summed E-state index contributed by atoms with van der Waals surface area (Å²) in [5.41, 5.74) is 1.23. The lowest BCUT2D eigenvalue weighted by Gasteiger charge is -2.31. The van der Waals surface area contributed by atoms with Crippen LogP contribution in [-0.4, -0.2) is 36.2 Å². The first-order valence-corrected chi connectivity index (χ1v) is 12.8. The zero-order chi connectivity index (χ0) is 27.8. The Morgan fingerprint density at radius 3 is 2.38 bits per heavy atom. The molecule has 2 rings (SSSR count). The van der Waals surface area contributed by atoms with Crippen molar-refractivity contribution in [2.45, 2.75) is 104 Å². The van der Waals surface area contributed by atoms with Gasteiger partial charge in [0.15, 0.2) is 0 Å². The van der Waals surface area contributed by atoms with Gasteiger partial charge >= 0.3 is 18.4 Å². The van der Waals surface area contributed by atoms with E-state index < -0.39 is 36.2 Å². The van der Waals surface area contributed by atoms with Crippen LogP contribution in [0.5, 0.6) is 5.75 Å². The summed E-state index contributed by atoms with van der Waals surface area (Å²) in [7, 11) is 0. The molecule has 1 heterocycles. The van der Waals surface area contributed by atoms with E-state index in [9.17, 15) is 22.8 Å². The molecule has 4 atom stereocenters. The van der Waals surface area contributed by atoms with E-state index in [0.29, 0.717) is 19.3 Å². The minimum atomic E-state index is -4.75. The largest absolute Gasteiger partial charge is 0.573 e. The summed E-state index contributed by atoms with van der Waals surface area (Å²) in [5, 5.41) is 2.65. The molecule has 0 spiro atoms. The van der Waals surface area contributed by atoms with Gasteiger partial charge < -0.3 is 19.5 Å². The van der Waals surface area contributed by atoms with Gasteiger partial charge in [0.2, 0.25) is 0 Å². The summed E-state index contributed by atoms with van der Waals surface area (Å²) in [6.45, 7) is 13.1. The lowest BCUT2D eigenvalue weighted by Crippen LogP contribution is -2.45. The maximum Gasteiger partial charge on any atom is 0.573 e. The van der Waals surface area contributed by atoms with E-state index >= 15 is 0 Å². The first kappa shape index (κ1) is 30.5. The van der Waals surface area contributed by atoms with Crippen LogP contribution in [0.2, 0.25) is 0 Å². The number of halogens is 3. The van der Waals surface area contributed by atoms with E-state index in [4.69, 9.17) is 9.47 Å². The number of alkyl carbamates (subject to hydrolysis) is 1. The third-order valence-corrected chi connectivity index (χ3v) is 6.36. The lowest BCUT2D eigenvalue weighted by atomic mass is 9.77. The molecule has 0 aromatic heterocycles. The molecule has 1 saturated heterocycles. The highest BCUT2D eigenvalue weighted by Gasteiger charge is 2.35. The number of nitrogens with one attached hydrogen (secondary N) is 1. The van der Waals surface area contributed by atoms with Crippen molar-refractivity contribution >= 4 is 12.1 Å². The standard InChI is InChI=1S/C28H40F3NO5/c1-18(2)9-7-10-21-11-8-12-24(32-26(34)37-27(4,5)6)25(33)35-19(3)23(21)17-20-13-15-22(16-14-20)36-28(29,30)31/h13-16,19,21,23-24H,1,7-12,17H2,2-6H3,(H,32,34)/t19-,21-,23-,24-/m0/s1. The summed E-state index contributed by atoms with van der Waals surface area (Å²) < 4.78 is 52.7. The van der Waals surface area contributed by atoms with Gasteiger partial charge in [-0.05, 0) is 96.8 Å². The van der Waals surface area contributed by atoms with Crippen LogP contribution in [0.3, 0.4) is 0 Å². The Labute approximate surface area is 217 Å². The van der Waals surface area contributed by atoms with Crippen LogP contribution in [0.15, 0.2) is 36.4 Å². The third-order valence-electron chi connectivity index (χ3n) is 6.36. The molecule has 208 valence electrons. The quantitative estimate of drug-likeness (QED) is 0.288. The Morgan fingerprint density at radius 2 is 1.81 bits per heavy atom. The molecule has 0 saturated carbocycles. The monoisotopic (exact) mass is 527 g/mol. The first-order valence-electron chi connectivity index (χ1n) is 12.8. The topological polar surface area (TPSA) is 73.9 Å². The second-order valence-corrected chi connectivity index (χ2v) is 10.9. The number of benzene rings is 1. The highest BCUT2D eigenvalue weighted by molar-refractivity contribution is 5.81. The smallest absolute Gasteiger partial charge is 0.461 e. The Morgan fingerprint density at radius 1 is 1.16 bits per heavy atom. The fraction of sp³-hybridized carbons (Fsp3) is 0.643. The van der Waals surface area contributed by atoms with Crippen molar-refractivity contribution in [2.75, 3.05) is 0 Å². The van der Waals surface area contributed by atoms with Crippen molar-refractivity contribution < 1.29 is 37.0 Å². The van der Waals surface area contributed by atoms with E-state index in [-0.39, 0.29) is 17.6 Å². The van der Waals surface area contributed by atoms with Crippen LogP contribution in [0.1, 0.15) is 78.7 Å². The number of hydrogen-bond donors (Lipinski definition) is 1. The summed E-state index contributed by atoms with van der Waals surface area (Å²) in [6.07, 6.45) is -0.664. The molecule has 1 aromatic rings. The molecular formula is C28H40F3NO5. The minimum Gasteiger partial charge on any atom is -0.461 e. The molecule has 0 aliphatic carbocycles. The Bertz CT molecular complexity index is 908. The first-order chi connectivity index (χ1) is 17.1. The average Bonchev–Trinajstić information content (AvgIpc) is 2.78. The number of rotatable bonds is 8. The Kier molecular flexibility index (Phi) is 10.9. The highest BCUT2D eigenvalue weighted by Crippen LogP contribution is 2.34. The van der Waals surface area contributed by atoms with E-state index in [0.717, 1.165) is 36.8 Å². The molecule has 1 aliphatic heterocycles. The predicted molar refractivity (Wildman–Crippen MR) is 135 cm³/mol. The number of esters is 1. The van der Waals surface area contributed by atoms with Gasteiger partial charge in [0, 0.05) is 5.92 Å². The van der Waals surface area contributed by atoms with Gasteiger partial charge in [0.05, 0.1) is 0 Å². The van der Waals surface area contributed by atoms with Gasteiger partial charge in [-0.1, -0.05) is 24.1 Å². The summed E-state index contributed by atoms with van der Waals surface area (Å²) in [6, 6.07) is 5.00. The molecule has 0 bridgehead atoms. The Hall–Kier alpha value is -2.71. The van der Waals surface area contributed by atoms with Crippen molar-refractivity contribution in [1.29, 1.82) is 0 Å². The van der Waals surface area contributed by atoms with Gasteiger partial charge in [-0.3, -0.25) is 0 Å². The molecule has 1 aromatic carbocycles. The number of amides is 1. The molecule has 0 radical (unpaired) electrons. The van der Waals surface area contributed by atoms with Crippen LogP contribution in [0, 0.1) is 11.8 Å². The zero-order valence-electron chi connectivity index (χ0n) is 22.5. The predicted octanol–water partition coefficient (Wildman–Crippen LogP) is 7.12. The average molecular weight is 528 g/mol. The molecule has 6 nitrogen and oxygen atoms in total. The molecule has 0 unspecified atom stereocenters. The minimum absolute atomic E-state index is 0.0521. The summed E-state index contributed by atoms with van der Waals surface area (Å²) in [4.78, 5) is 25.3. The van der Waals surface area contributed by atoms with Gasteiger partial charge in [-0.15, -0.1) is 19.8 Å². The van der Waals surface area contributed by atoms with Crippen molar-refractivity contribution in [3.8, 4) is 5.75 Å². The van der Waals surface area contributed by atoms with Crippen molar-refractivity contribution in [3.63, 3.8) is 0 Å². The van der Waals surface area contributed by atoms with E-state index in [2.05, 4.69) is 16.6 Å². The molecule has 9 heteroatoms. The molecular weight excluding hydrogens is 487 g/mol. The number of carbonyl (C=O) groups is 2. The van der Waals surface area contributed by atoms with Crippen LogP contribution in [0.4, 0.5) is 18.0 Å². The number of allylic oxidation sites excluding steroid dienone is 1. The van der Waals surface area contributed by atoms with Gasteiger partial charge in [0.1, 0.15) is 23.5 Å². The summed E-state index contributed by atoms with van der Waals surface area (Å²) >= 11 is 0. The number of ether oxygens (including phenoxy) is 3. The zero-order valence-corrected chi connectivity index (χ0v) is 22.5. The Balaban J connectivity index is 2.20. The van der Waals surface area contributed by atoms with Crippen molar-refractivity contribution in [1.82, 2.24) is 5.32 Å². The molecule has 1 fully saturated rings. The van der Waals surface area contributed by atoms with Crippen LogP contribution < -0.4 is 10.1 Å². The summed E-state index contributed by atoms with van der Waals surface area (Å²) in [5.74, 6) is -0.628. The van der Waals surface area contributed by atoms with E-state index in [1.54, 1.807) is 32.9 Å².